The summed E-state index contributed by atoms with van der Waals surface area (Å²) in [5.41, 5.74) is 0. The molecule has 0 aliphatic carbocycles. The highest BCUT2D eigenvalue weighted by atomic mass is 32.2. The van der Waals surface area contributed by atoms with E-state index < -0.39 is 15.8 Å². The van der Waals surface area contributed by atoms with Crippen molar-refractivity contribution in [3.63, 3.8) is 0 Å². The molecule has 1 aromatic heterocycles. The van der Waals surface area contributed by atoms with Gasteiger partial charge in [-0.25, -0.2) is 13.4 Å². The first-order valence-corrected chi connectivity index (χ1v) is 9.33. The number of sulfonamides is 1. The van der Waals surface area contributed by atoms with Crippen molar-refractivity contribution < 1.29 is 17.5 Å². The monoisotopic (exact) mass is 366 g/mol. The second-order valence-corrected chi connectivity index (χ2v) is 7.62. The minimum atomic E-state index is -3.47. The molecule has 9 heteroatoms. The van der Waals surface area contributed by atoms with Gasteiger partial charge < -0.3 is 10.1 Å². The van der Waals surface area contributed by atoms with E-state index in [1.165, 1.54) is 11.4 Å². The summed E-state index contributed by atoms with van der Waals surface area (Å²) in [6.45, 7) is 0.792. The van der Waals surface area contributed by atoms with Crippen molar-refractivity contribution in [3.8, 4) is 5.88 Å². The summed E-state index contributed by atoms with van der Waals surface area (Å²) in [7, 11) is -2.13. The maximum atomic E-state index is 13.3. The molecule has 0 atom stereocenters. The van der Waals surface area contributed by atoms with Crippen LogP contribution < -0.4 is 10.1 Å². The van der Waals surface area contributed by atoms with Gasteiger partial charge in [0, 0.05) is 19.1 Å². The van der Waals surface area contributed by atoms with Crippen LogP contribution in [0.2, 0.25) is 0 Å². The van der Waals surface area contributed by atoms with Crippen LogP contribution in [-0.4, -0.2) is 48.9 Å². The Balaban J connectivity index is 1.62. The molecule has 0 unspecified atom stereocenters. The minimum Gasteiger partial charge on any atom is -0.479 e. The van der Waals surface area contributed by atoms with Crippen LogP contribution >= 0.6 is 0 Å². The Morgan fingerprint density at radius 2 is 1.92 bits per heavy atom. The highest BCUT2D eigenvalue weighted by Gasteiger charge is 2.29. The van der Waals surface area contributed by atoms with Gasteiger partial charge in [-0.1, -0.05) is 18.2 Å². The van der Waals surface area contributed by atoms with Crippen molar-refractivity contribution in [1.82, 2.24) is 14.3 Å². The summed E-state index contributed by atoms with van der Waals surface area (Å²) in [6, 6.07) is 8.40. The van der Waals surface area contributed by atoms with Crippen LogP contribution in [0.4, 0.5) is 10.3 Å². The Bertz CT molecular complexity index is 825. The molecule has 134 valence electrons. The fourth-order valence-electron chi connectivity index (χ4n) is 2.73. The van der Waals surface area contributed by atoms with E-state index in [0.717, 1.165) is 6.20 Å². The lowest BCUT2D eigenvalue weighted by molar-refractivity contribution is 0.328. The third-order valence-corrected chi connectivity index (χ3v) is 5.99. The van der Waals surface area contributed by atoms with Crippen molar-refractivity contribution >= 4 is 16.0 Å². The number of benzene rings is 1. The molecule has 1 aromatic carbocycles. The van der Waals surface area contributed by atoms with Crippen LogP contribution in [0.25, 0.3) is 0 Å². The van der Waals surface area contributed by atoms with Gasteiger partial charge in [0.15, 0.2) is 0 Å². The van der Waals surface area contributed by atoms with E-state index in [9.17, 15) is 12.8 Å². The maximum absolute atomic E-state index is 13.3. The smallest absolute Gasteiger partial charge is 0.255 e. The normalized spacial score (nSPS) is 16.6. The standard InChI is InChI=1S/C16H19FN4O3S/c1-24-15-14(17)11-18-16(20-15)19-12-7-9-21(10-8-12)25(22,23)13-5-3-2-4-6-13/h2-6,11-12H,7-10H2,1H3,(H,18,19,20). The Kier molecular flexibility index (Phi) is 5.14. The summed E-state index contributed by atoms with van der Waals surface area (Å²) >= 11 is 0. The van der Waals surface area contributed by atoms with Gasteiger partial charge >= 0.3 is 0 Å². The van der Waals surface area contributed by atoms with Gasteiger partial charge in [-0.05, 0) is 25.0 Å². The topological polar surface area (TPSA) is 84.4 Å². The van der Waals surface area contributed by atoms with Crippen molar-refractivity contribution in [2.75, 3.05) is 25.5 Å². The lowest BCUT2D eigenvalue weighted by Gasteiger charge is -2.31. The Morgan fingerprint density at radius 3 is 2.56 bits per heavy atom. The SMILES string of the molecule is COc1nc(NC2CCN(S(=O)(=O)c3ccccc3)CC2)ncc1F. The zero-order chi connectivity index (χ0) is 17.9. The van der Waals surface area contributed by atoms with Gasteiger partial charge in [-0.15, -0.1) is 0 Å². The van der Waals surface area contributed by atoms with E-state index in [0.29, 0.717) is 30.8 Å². The second kappa shape index (κ2) is 7.32. The zero-order valence-corrected chi connectivity index (χ0v) is 14.5. The van der Waals surface area contributed by atoms with Crippen molar-refractivity contribution in [3.05, 3.63) is 42.3 Å². The predicted octanol–water partition coefficient (Wildman–Crippen LogP) is 1.89. The van der Waals surface area contributed by atoms with E-state index in [-0.39, 0.29) is 17.9 Å². The van der Waals surface area contributed by atoms with Gasteiger partial charge in [0.2, 0.25) is 21.8 Å². The molecule has 0 saturated carbocycles. The molecular formula is C16H19FN4O3S. The molecule has 0 spiro atoms. The molecule has 1 saturated heterocycles. The lowest BCUT2D eigenvalue weighted by Crippen LogP contribution is -2.42. The van der Waals surface area contributed by atoms with Crippen LogP contribution in [0, 0.1) is 5.82 Å². The summed E-state index contributed by atoms with van der Waals surface area (Å²) in [5.74, 6) is -0.485. The lowest BCUT2D eigenvalue weighted by atomic mass is 10.1. The Labute approximate surface area is 145 Å². The summed E-state index contributed by atoms with van der Waals surface area (Å²) in [5, 5.41) is 3.10. The molecule has 0 amide bonds. The molecule has 25 heavy (non-hydrogen) atoms. The van der Waals surface area contributed by atoms with Crippen LogP contribution in [0.15, 0.2) is 41.4 Å². The van der Waals surface area contributed by atoms with E-state index >= 15 is 0 Å². The third kappa shape index (κ3) is 3.88. The number of anilines is 1. The van der Waals surface area contributed by atoms with Crippen LogP contribution in [-0.2, 0) is 10.0 Å². The first kappa shape index (κ1) is 17.6. The molecule has 3 rings (SSSR count). The second-order valence-electron chi connectivity index (χ2n) is 5.69. The predicted molar refractivity (Wildman–Crippen MR) is 90.4 cm³/mol. The number of nitrogens with zero attached hydrogens (tertiary/aromatic N) is 3. The number of hydrogen-bond donors (Lipinski definition) is 1. The van der Waals surface area contributed by atoms with Crippen LogP contribution in [0.1, 0.15) is 12.8 Å². The fourth-order valence-corrected chi connectivity index (χ4v) is 4.22. The van der Waals surface area contributed by atoms with Gasteiger partial charge in [0.05, 0.1) is 18.2 Å². The van der Waals surface area contributed by atoms with Crippen molar-refractivity contribution in [2.45, 2.75) is 23.8 Å². The van der Waals surface area contributed by atoms with Crippen molar-refractivity contribution in [1.29, 1.82) is 0 Å². The van der Waals surface area contributed by atoms with E-state index in [4.69, 9.17) is 4.74 Å². The van der Waals surface area contributed by atoms with Crippen LogP contribution in [0.3, 0.4) is 0 Å². The molecule has 2 aromatic rings. The largest absolute Gasteiger partial charge is 0.479 e. The maximum Gasteiger partial charge on any atom is 0.255 e. The minimum absolute atomic E-state index is 0.0115. The molecule has 1 N–H and O–H groups in total. The number of halogens is 1. The number of hydrogen-bond acceptors (Lipinski definition) is 6. The van der Waals surface area contributed by atoms with E-state index in [2.05, 4.69) is 15.3 Å². The van der Waals surface area contributed by atoms with E-state index in [1.54, 1.807) is 30.3 Å². The summed E-state index contributed by atoms with van der Waals surface area (Å²) in [4.78, 5) is 8.14. The summed E-state index contributed by atoms with van der Waals surface area (Å²) < 4.78 is 44.8. The van der Waals surface area contributed by atoms with Gasteiger partial charge in [0.1, 0.15) is 0 Å². The van der Waals surface area contributed by atoms with Gasteiger partial charge in [-0.2, -0.15) is 13.7 Å². The van der Waals surface area contributed by atoms with Gasteiger partial charge in [0.25, 0.3) is 5.88 Å². The number of rotatable bonds is 5. The zero-order valence-electron chi connectivity index (χ0n) is 13.7. The molecular weight excluding hydrogens is 347 g/mol. The Morgan fingerprint density at radius 1 is 1.24 bits per heavy atom. The average Bonchev–Trinajstić information content (AvgIpc) is 2.64. The number of nitrogens with one attached hydrogen (secondary N) is 1. The summed E-state index contributed by atoms with van der Waals surface area (Å²) in [6.07, 6.45) is 2.26. The third-order valence-electron chi connectivity index (χ3n) is 4.07. The van der Waals surface area contributed by atoms with Crippen LogP contribution in [0.5, 0.6) is 5.88 Å². The number of ether oxygens (including phenoxy) is 1. The quantitative estimate of drug-likeness (QED) is 0.870. The molecule has 2 heterocycles. The van der Waals surface area contributed by atoms with Gasteiger partial charge in [-0.3, -0.25) is 0 Å². The molecule has 1 aliphatic rings. The number of aromatic nitrogens is 2. The number of methoxy groups -OCH3 is 1. The molecule has 0 bridgehead atoms. The van der Waals surface area contributed by atoms with Crippen molar-refractivity contribution in [2.24, 2.45) is 0 Å². The van der Waals surface area contributed by atoms with E-state index in [1.807, 2.05) is 0 Å². The molecule has 7 nitrogen and oxygen atoms in total. The number of piperidine rings is 1. The Hall–Kier alpha value is -2.26. The average molecular weight is 366 g/mol. The highest BCUT2D eigenvalue weighted by molar-refractivity contribution is 7.89. The fraction of sp³-hybridized carbons (Fsp3) is 0.375. The highest BCUT2D eigenvalue weighted by Crippen LogP contribution is 2.22. The first-order chi connectivity index (χ1) is 12.0. The first-order valence-electron chi connectivity index (χ1n) is 7.89. The molecule has 1 fully saturated rings. The molecule has 1 aliphatic heterocycles. The molecule has 0 radical (unpaired) electrons.